The summed E-state index contributed by atoms with van der Waals surface area (Å²) < 4.78 is 5.04. The second-order valence-corrected chi connectivity index (χ2v) is 2.43. The Kier molecular flexibility index (Phi) is 3.09. The quantitative estimate of drug-likeness (QED) is 0.569. The average Bonchev–Trinajstić information content (AvgIpc) is 2.17. The molecular formula is C10H10O3. The lowest BCUT2D eigenvalue weighted by Crippen LogP contribution is -1.85. The first kappa shape index (κ1) is 9.32. The number of phenols is 1. The van der Waals surface area contributed by atoms with Gasteiger partial charge in [0.25, 0.3) is 0 Å². The third-order valence-corrected chi connectivity index (χ3v) is 1.45. The molecule has 3 heteroatoms. The minimum Gasteiger partial charge on any atom is -0.504 e. The normalized spacial score (nSPS) is 10.2. The van der Waals surface area contributed by atoms with Crippen LogP contribution in [0.25, 0.3) is 0 Å². The van der Waals surface area contributed by atoms with Crippen molar-refractivity contribution in [3.05, 3.63) is 36.1 Å². The zero-order chi connectivity index (χ0) is 9.68. The number of allylic oxidation sites excluding steroid dienone is 1. The molecule has 1 N–H and O–H groups in total. The van der Waals surface area contributed by atoms with Gasteiger partial charge in [-0.1, -0.05) is 6.08 Å². The van der Waals surface area contributed by atoms with Crippen LogP contribution < -0.4 is 4.74 Å². The molecule has 0 heterocycles. The van der Waals surface area contributed by atoms with E-state index in [2.05, 4.69) is 0 Å². The highest BCUT2D eigenvalue weighted by molar-refractivity contribution is 5.76. The van der Waals surface area contributed by atoms with E-state index in [1.165, 1.54) is 24.5 Å². The summed E-state index contributed by atoms with van der Waals surface area (Å²) in [6.45, 7) is 1.79. The van der Waals surface area contributed by atoms with E-state index < -0.39 is 0 Å². The number of aromatic hydroxyl groups is 1. The fourth-order valence-corrected chi connectivity index (χ4v) is 0.840. The monoisotopic (exact) mass is 178 g/mol. The lowest BCUT2D eigenvalue weighted by Gasteiger charge is -2.02. The van der Waals surface area contributed by atoms with Gasteiger partial charge in [-0.25, -0.2) is 0 Å². The summed E-state index contributed by atoms with van der Waals surface area (Å²) >= 11 is 0. The number of hydrogen-bond acceptors (Lipinski definition) is 3. The molecule has 3 nitrogen and oxygen atoms in total. The molecule has 1 aromatic carbocycles. The second kappa shape index (κ2) is 4.30. The Morgan fingerprint density at radius 2 is 2.23 bits per heavy atom. The third kappa shape index (κ3) is 2.33. The molecule has 1 aromatic rings. The van der Waals surface area contributed by atoms with Crippen molar-refractivity contribution in [2.75, 3.05) is 0 Å². The number of ether oxygens (including phenoxy) is 1. The highest BCUT2D eigenvalue weighted by Crippen LogP contribution is 2.26. The minimum absolute atomic E-state index is 0.0173. The predicted octanol–water partition coefficient (Wildman–Crippen LogP) is 2.12. The average molecular weight is 178 g/mol. The maximum atomic E-state index is 10.4. The Bertz CT molecular complexity index is 329. The number of carbonyl (C=O) groups is 1. The van der Waals surface area contributed by atoms with Gasteiger partial charge in [0.1, 0.15) is 6.29 Å². The van der Waals surface area contributed by atoms with E-state index in [1.807, 2.05) is 0 Å². The van der Waals surface area contributed by atoms with Gasteiger partial charge in [-0.2, -0.15) is 0 Å². The molecule has 68 valence electrons. The summed E-state index contributed by atoms with van der Waals surface area (Å²) in [5.41, 5.74) is 0.470. The standard InChI is InChI=1S/C10H10O3/c1-2-5-13-10-6-8(7-11)3-4-9(10)12/h2-7,12H,1H3/b5-2+. The molecule has 0 aliphatic carbocycles. The van der Waals surface area contributed by atoms with Gasteiger partial charge in [0.15, 0.2) is 11.5 Å². The fraction of sp³-hybridized carbons (Fsp3) is 0.100. The van der Waals surface area contributed by atoms with Crippen molar-refractivity contribution in [3.63, 3.8) is 0 Å². The topological polar surface area (TPSA) is 46.5 Å². The van der Waals surface area contributed by atoms with Crippen molar-refractivity contribution in [1.82, 2.24) is 0 Å². The van der Waals surface area contributed by atoms with E-state index in [9.17, 15) is 9.90 Å². The lowest BCUT2D eigenvalue weighted by molar-refractivity contribution is 0.112. The first-order valence-corrected chi connectivity index (χ1v) is 3.84. The first-order chi connectivity index (χ1) is 6.27. The van der Waals surface area contributed by atoms with Crippen LogP contribution in [-0.2, 0) is 0 Å². The van der Waals surface area contributed by atoms with Gasteiger partial charge in [0.2, 0.25) is 0 Å². The van der Waals surface area contributed by atoms with Crippen molar-refractivity contribution in [2.45, 2.75) is 6.92 Å². The summed E-state index contributed by atoms with van der Waals surface area (Å²) in [5.74, 6) is 0.298. The lowest BCUT2D eigenvalue weighted by atomic mass is 10.2. The third-order valence-electron chi connectivity index (χ3n) is 1.45. The number of hydrogen-bond donors (Lipinski definition) is 1. The fourth-order valence-electron chi connectivity index (χ4n) is 0.840. The summed E-state index contributed by atoms with van der Waals surface area (Å²) in [6, 6.07) is 4.41. The SMILES string of the molecule is C/C=C/Oc1cc(C=O)ccc1O. The van der Waals surface area contributed by atoms with Crippen LogP contribution in [0.1, 0.15) is 17.3 Å². The Morgan fingerprint density at radius 1 is 1.46 bits per heavy atom. The molecule has 0 bridgehead atoms. The van der Waals surface area contributed by atoms with Crippen LogP contribution in [0.4, 0.5) is 0 Å². The van der Waals surface area contributed by atoms with E-state index in [1.54, 1.807) is 13.0 Å². The molecule has 0 unspecified atom stereocenters. The molecule has 0 saturated carbocycles. The predicted molar refractivity (Wildman–Crippen MR) is 48.9 cm³/mol. The van der Waals surface area contributed by atoms with Gasteiger partial charge in [-0.3, -0.25) is 4.79 Å². The van der Waals surface area contributed by atoms with Gasteiger partial charge < -0.3 is 9.84 Å². The molecule has 0 aromatic heterocycles. The Hall–Kier alpha value is -1.77. The Morgan fingerprint density at radius 3 is 2.85 bits per heavy atom. The number of rotatable bonds is 3. The maximum absolute atomic E-state index is 10.4. The van der Waals surface area contributed by atoms with Crippen molar-refractivity contribution in [3.8, 4) is 11.5 Å². The summed E-state index contributed by atoms with van der Waals surface area (Å²) in [4.78, 5) is 10.4. The minimum atomic E-state index is 0.0173. The molecule has 0 saturated heterocycles. The molecular weight excluding hydrogens is 168 g/mol. The van der Waals surface area contributed by atoms with Gasteiger partial charge in [0, 0.05) is 5.56 Å². The highest BCUT2D eigenvalue weighted by Gasteiger charge is 2.01. The van der Waals surface area contributed by atoms with E-state index in [-0.39, 0.29) is 11.5 Å². The van der Waals surface area contributed by atoms with Crippen LogP contribution in [0.5, 0.6) is 11.5 Å². The van der Waals surface area contributed by atoms with Crippen molar-refractivity contribution in [2.24, 2.45) is 0 Å². The van der Waals surface area contributed by atoms with Crippen molar-refractivity contribution < 1.29 is 14.6 Å². The largest absolute Gasteiger partial charge is 0.504 e. The second-order valence-electron chi connectivity index (χ2n) is 2.43. The zero-order valence-corrected chi connectivity index (χ0v) is 7.23. The van der Waals surface area contributed by atoms with Crippen LogP contribution in [-0.4, -0.2) is 11.4 Å². The number of carbonyl (C=O) groups excluding carboxylic acids is 1. The Balaban J connectivity index is 2.96. The Labute approximate surface area is 76.3 Å². The smallest absolute Gasteiger partial charge is 0.168 e. The van der Waals surface area contributed by atoms with Crippen molar-refractivity contribution in [1.29, 1.82) is 0 Å². The number of phenolic OH excluding ortho intramolecular Hbond substituents is 1. The van der Waals surface area contributed by atoms with Crippen LogP contribution >= 0.6 is 0 Å². The molecule has 0 amide bonds. The number of aldehydes is 1. The molecule has 0 aliphatic rings. The molecule has 0 radical (unpaired) electrons. The summed E-state index contributed by atoms with van der Waals surface area (Å²) in [5, 5.41) is 9.28. The molecule has 0 atom stereocenters. The summed E-state index contributed by atoms with van der Waals surface area (Å²) in [6.07, 6.45) is 3.82. The molecule has 0 fully saturated rings. The van der Waals surface area contributed by atoms with E-state index >= 15 is 0 Å². The first-order valence-electron chi connectivity index (χ1n) is 3.84. The van der Waals surface area contributed by atoms with Crippen LogP contribution in [0, 0.1) is 0 Å². The van der Waals surface area contributed by atoms with E-state index in [0.717, 1.165) is 0 Å². The van der Waals surface area contributed by atoms with Crippen LogP contribution in [0.15, 0.2) is 30.5 Å². The van der Waals surface area contributed by atoms with Gasteiger partial charge in [-0.05, 0) is 25.1 Å². The maximum Gasteiger partial charge on any atom is 0.168 e. The number of benzene rings is 1. The molecule has 0 spiro atoms. The van der Waals surface area contributed by atoms with Gasteiger partial charge in [0.05, 0.1) is 6.26 Å². The van der Waals surface area contributed by atoms with E-state index in [4.69, 9.17) is 4.74 Å². The summed E-state index contributed by atoms with van der Waals surface area (Å²) in [7, 11) is 0. The van der Waals surface area contributed by atoms with Crippen LogP contribution in [0.2, 0.25) is 0 Å². The van der Waals surface area contributed by atoms with E-state index in [0.29, 0.717) is 11.8 Å². The molecule has 1 rings (SSSR count). The zero-order valence-electron chi connectivity index (χ0n) is 7.23. The molecule has 0 aliphatic heterocycles. The van der Waals surface area contributed by atoms with Gasteiger partial charge >= 0.3 is 0 Å². The van der Waals surface area contributed by atoms with Crippen LogP contribution in [0.3, 0.4) is 0 Å². The molecule has 13 heavy (non-hydrogen) atoms. The van der Waals surface area contributed by atoms with Crippen molar-refractivity contribution >= 4 is 6.29 Å². The van der Waals surface area contributed by atoms with Gasteiger partial charge in [-0.15, -0.1) is 0 Å². The highest BCUT2D eigenvalue weighted by atomic mass is 16.5.